The van der Waals surface area contributed by atoms with Gasteiger partial charge in [-0.25, -0.2) is 4.79 Å². The van der Waals surface area contributed by atoms with Crippen molar-refractivity contribution in [3.8, 4) is 0 Å². The molecule has 0 aliphatic carbocycles. The summed E-state index contributed by atoms with van der Waals surface area (Å²) in [6, 6.07) is 10.3. The van der Waals surface area contributed by atoms with E-state index in [1.807, 2.05) is 35.0 Å². The molecule has 0 saturated carbocycles. The Morgan fingerprint density at radius 1 is 1.17 bits per heavy atom. The number of carbonyl (C=O) groups excluding carboxylic acids is 2. The van der Waals surface area contributed by atoms with E-state index >= 15 is 0 Å². The Bertz CT molecular complexity index is 758. The highest BCUT2D eigenvalue weighted by Gasteiger charge is 2.60. The molecule has 1 N–H and O–H groups in total. The number of nitrogens with one attached hydrogen (secondary N) is 1. The summed E-state index contributed by atoms with van der Waals surface area (Å²) in [4.78, 5) is 32.1. The van der Waals surface area contributed by atoms with Crippen LogP contribution < -0.4 is 5.32 Å². The summed E-state index contributed by atoms with van der Waals surface area (Å²) in [5, 5.41) is 3.07. The third-order valence-electron chi connectivity index (χ3n) is 7.47. The van der Waals surface area contributed by atoms with Crippen LogP contribution in [-0.2, 0) is 11.2 Å². The fourth-order valence-electron chi connectivity index (χ4n) is 5.94. The van der Waals surface area contributed by atoms with E-state index < -0.39 is 0 Å². The highest BCUT2D eigenvalue weighted by Crippen LogP contribution is 2.48. The standard InChI is InChI=1S/C24H36N4O2/c1-18(2)15-27-16-20-21(17-27)24(26(3)22(20)29)10-13-28(14-11-24)23(30)25-12-9-19-7-5-4-6-8-19/h4-8,18,20-21H,9-17H2,1-3H3,(H,25,30)/t20-,21+/m1/s1. The van der Waals surface area contributed by atoms with Crippen LogP contribution in [0.5, 0.6) is 0 Å². The molecule has 3 fully saturated rings. The molecule has 0 aromatic heterocycles. The molecule has 1 spiro atoms. The smallest absolute Gasteiger partial charge is 0.317 e. The normalized spacial score (nSPS) is 25.9. The zero-order chi connectivity index (χ0) is 21.3. The molecule has 3 saturated heterocycles. The van der Waals surface area contributed by atoms with Gasteiger partial charge in [0.25, 0.3) is 0 Å². The van der Waals surface area contributed by atoms with Crippen LogP contribution in [0.2, 0.25) is 0 Å². The van der Waals surface area contributed by atoms with Crippen molar-refractivity contribution in [1.29, 1.82) is 0 Å². The maximum atomic E-state index is 13.0. The van der Waals surface area contributed by atoms with Gasteiger partial charge in [0.1, 0.15) is 0 Å². The van der Waals surface area contributed by atoms with Gasteiger partial charge in [-0.2, -0.15) is 0 Å². The van der Waals surface area contributed by atoms with Gasteiger partial charge in [0.2, 0.25) is 5.91 Å². The fraction of sp³-hybridized carbons (Fsp3) is 0.667. The summed E-state index contributed by atoms with van der Waals surface area (Å²) >= 11 is 0. The molecule has 6 nitrogen and oxygen atoms in total. The second-order valence-electron chi connectivity index (χ2n) is 9.78. The first-order valence-electron chi connectivity index (χ1n) is 11.5. The average Bonchev–Trinajstić information content (AvgIpc) is 3.23. The van der Waals surface area contributed by atoms with Crippen molar-refractivity contribution in [2.45, 2.75) is 38.6 Å². The number of benzene rings is 1. The minimum atomic E-state index is -0.0751. The number of fused-ring (bicyclic) bond motifs is 2. The maximum Gasteiger partial charge on any atom is 0.317 e. The van der Waals surface area contributed by atoms with E-state index in [9.17, 15) is 9.59 Å². The Balaban J connectivity index is 1.32. The lowest BCUT2D eigenvalue weighted by Gasteiger charge is -2.46. The van der Waals surface area contributed by atoms with Gasteiger partial charge in [-0.3, -0.25) is 4.79 Å². The van der Waals surface area contributed by atoms with Crippen LogP contribution in [-0.4, -0.2) is 78.5 Å². The second-order valence-corrected chi connectivity index (χ2v) is 9.78. The van der Waals surface area contributed by atoms with Crippen LogP contribution in [0, 0.1) is 17.8 Å². The highest BCUT2D eigenvalue weighted by molar-refractivity contribution is 5.84. The molecule has 3 aliphatic rings. The van der Waals surface area contributed by atoms with Crippen molar-refractivity contribution in [2.24, 2.45) is 17.8 Å². The van der Waals surface area contributed by atoms with Crippen LogP contribution in [0.3, 0.4) is 0 Å². The van der Waals surface area contributed by atoms with Crippen molar-refractivity contribution in [3.63, 3.8) is 0 Å². The molecule has 6 heteroatoms. The predicted octanol–water partition coefficient (Wildman–Crippen LogP) is 2.45. The van der Waals surface area contributed by atoms with Crippen LogP contribution >= 0.6 is 0 Å². The SMILES string of the molecule is CC(C)CN1C[C@H]2C(=O)N(C)C3(CCN(C(=O)NCCc4ccccc4)CC3)[C@H]2C1. The first-order valence-corrected chi connectivity index (χ1v) is 11.5. The zero-order valence-corrected chi connectivity index (χ0v) is 18.6. The van der Waals surface area contributed by atoms with E-state index in [2.05, 4.69) is 36.2 Å². The molecular weight excluding hydrogens is 376 g/mol. The van der Waals surface area contributed by atoms with Gasteiger partial charge in [0.05, 0.1) is 11.5 Å². The van der Waals surface area contributed by atoms with Crippen molar-refractivity contribution in [2.75, 3.05) is 46.3 Å². The molecule has 164 valence electrons. The molecule has 30 heavy (non-hydrogen) atoms. The summed E-state index contributed by atoms with van der Waals surface area (Å²) in [5.74, 6) is 1.47. The molecule has 1 aromatic carbocycles. The number of carbonyl (C=O) groups is 2. The number of piperidine rings is 1. The van der Waals surface area contributed by atoms with E-state index in [-0.39, 0.29) is 17.5 Å². The molecule has 3 aliphatic heterocycles. The number of rotatable bonds is 5. The molecule has 0 bridgehead atoms. The topological polar surface area (TPSA) is 55.9 Å². The molecule has 2 atom stereocenters. The molecular formula is C24H36N4O2. The summed E-state index contributed by atoms with van der Waals surface area (Å²) in [5.41, 5.74) is 1.16. The van der Waals surface area contributed by atoms with E-state index in [0.717, 1.165) is 52.0 Å². The van der Waals surface area contributed by atoms with Gasteiger partial charge < -0.3 is 20.0 Å². The third kappa shape index (κ3) is 3.94. The third-order valence-corrected chi connectivity index (χ3v) is 7.47. The number of nitrogens with zero attached hydrogens (tertiary/aromatic N) is 3. The largest absolute Gasteiger partial charge is 0.339 e. The van der Waals surface area contributed by atoms with Crippen molar-refractivity contribution < 1.29 is 9.59 Å². The number of urea groups is 1. The van der Waals surface area contributed by atoms with Crippen LogP contribution in [0.15, 0.2) is 30.3 Å². The summed E-state index contributed by atoms with van der Waals surface area (Å²) in [6.07, 6.45) is 2.62. The van der Waals surface area contributed by atoms with Crippen molar-refractivity contribution >= 4 is 11.9 Å². The Hall–Kier alpha value is -2.08. The lowest BCUT2D eigenvalue weighted by Crippen LogP contribution is -2.57. The van der Waals surface area contributed by atoms with Gasteiger partial charge in [0, 0.05) is 52.2 Å². The van der Waals surface area contributed by atoms with E-state index in [0.29, 0.717) is 24.3 Å². The molecule has 4 rings (SSSR count). The van der Waals surface area contributed by atoms with E-state index in [4.69, 9.17) is 0 Å². The molecule has 1 aromatic rings. The lowest BCUT2D eigenvalue weighted by atomic mass is 9.75. The Morgan fingerprint density at radius 2 is 1.87 bits per heavy atom. The number of hydrogen-bond acceptors (Lipinski definition) is 3. The average molecular weight is 413 g/mol. The Morgan fingerprint density at radius 3 is 2.53 bits per heavy atom. The molecule has 0 unspecified atom stereocenters. The van der Waals surface area contributed by atoms with Gasteiger partial charge in [-0.05, 0) is 30.7 Å². The van der Waals surface area contributed by atoms with E-state index in [1.165, 1.54) is 5.56 Å². The Kier molecular flexibility index (Phi) is 6.05. The van der Waals surface area contributed by atoms with Crippen LogP contribution in [0.25, 0.3) is 0 Å². The van der Waals surface area contributed by atoms with Crippen LogP contribution in [0.4, 0.5) is 4.79 Å². The van der Waals surface area contributed by atoms with Gasteiger partial charge in [-0.1, -0.05) is 44.2 Å². The zero-order valence-electron chi connectivity index (χ0n) is 18.6. The first kappa shape index (κ1) is 21.2. The number of hydrogen-bond donors (Lipinski definition) is 1. The first-order chi connectivity index (χ1) is 14.4. The molecule has 3 heterocycles. The molecule has 3 amide bonds. The monoisotopic (exact) mass is 412 g/mol. The predicted molar refractivity (Wildman–Crippen MR) is 118 cm³/mol. The summed E-state index contributed by atoms with van der Waals surface area (Å²) in [6.45, 7) is 9.57. The minimum Gasteiger partial charge on any atom is -0.339 e. The molecule has 0 radical (unpaired) electrons. The quantitative estimate of drug-likeness (QED) is 0.808. The van der Waals surface area contributed by atoms with Gasteiger partial charge >= 0.3 is 6.03 Å². The number of amides is 3. The second kappa shape index (κ2) is 8.58. The maximum absolute atomic E-state index is 13.0. The summed E-state index contributed by atoms with van der Waals surface area (Å²) in [7, 11) is 1.99. The Labute approximate surface area is 180 Å². The van der Waals surface area contributed by atoms with Gasteiger partial charge in [-0.15, -0.1) is 0 Å². The van der Waals surface area contributed by atoms with E-state index in [1.54, 1.807) is 0 Å². The lowest BCUT2D eigenvalue weighted by molar-refractivity contribution is -0.133. The highest BCUT2D eigenvalue weighted by atomic mass is 16.2. The minimum absolute atomic E-state index is 0.0252. The van der Waals surface area contributed by atoms with Crippen molar-refractivity contribution in [1.82, 2.24) is 20.0 Å². The fourth-order valence-corrected chi connectivity index (χ4v) is 5.94. The van der Waals surface area contributed by atoms with Crippen molar-refractivity contribution in [3.05, 3.63) is 35.9 Å². The van der Waals surface area contributed by atoms with Gasteiger partial charge in [0.15, 0.2) is 0 Å². The number of likely N-dealkylation sites (tertiary alicyclic amines) is 3. The summed E-state index contributed by atoms with van der Waals surface area (Å²) < 4.78 is 0. The van der Waals surface area contributed by atoms with Crippen LogP contribution in [0.1, 0.15) is 32.3 Å².